The van der Waals surface area contributed by atoms with E-state index in [0.717, 1.165) is 11.1 Å². The zero-order chi connectivity index (χ0) is 14.2. The quantitative estimate of drug-likeness (QED) is 0.886. The van der Waals surface area contributed by atoms with E-state index in [0.29, 0.717) is 5.92 Å². The highest BCUT2D eigenvalue weighted by atomic mass is 16.3. The zero-order valence-corrected chi connectivity index (χ0v) is 11.7. The van der Waals surface area contributed by atoms with Gasteiger partial charge in [0.2, 0.25) is 0 Å². The van der Waals surface area contributed by atoms with Gasteiger partial charge in [0.15, 0.2) is 0 Å². The molecule has 1 unspecified atom stereocenters. The van der Waals surface area contributed by atoms with Crippen LogP contribution in [0, 0.1) is 0 Å². The molecule has 20 heavy (non-hydrogen) atoms. The van der Waals surface area contributed by atoms with E-state index >= 15 is 0 Å². The van der Waals surface area contributed by atoms with Crippen LogP contribution in [0.4, 0.5) is 0 Å². The van der Waals surface area contributed by atoms with Crippen LogP contribution >= 0.6 is 0 Å². The minimum absolute atomic E-state index is 0.219. The van der Waals surface area contributed by atoms with Crippen molar-refractivity contribution in [2.75, 3.05) is 0 Å². The molecule has 0 aliphatic heterocycles. The molecule has 3 rings (SSSR count). The molecule has 0 radical (unpaired) electrons. The second-order valence-corrected chi connectivity index (χ2v) is 5.83. The Kier molecular flexibility index (Phi) is 3.27. The average molecular weight is 268 g/mol. The van der Waals surface area contributed by atoms with Crippen LogP contribution in [0.5, 0.6) is 5.75 Å². The van der Waals surface area contributed by atoms with Crippen LogP contribution in [-0.2, 0) is 5.60 Å². The number of hydrogen-bond donors (Lipinski definition) is 2. The fourth-order valence-corrected chi connectivity index (χ4v) is 2.96. The van der Waals surface area contributed by atoms with E-state index < -0.39 is 5.60 Å². The van der Waals surface area contributed by atoms with Crippen LogP contribution in [0.1, 0.15) is 48.8 Å². The smallest absolute Gasteiger partial charge is 0.115 e. The minimum atomic E-state index is -1.03. The van der Waals surface area contributed by atoms with E-state index in [9.17, 15) is 10.2 Å². The van der Waals surface area contributed by atoms with E-state index in [1.807, 2.05) is 25.1 Å². The van der Waals surface area contributed by atoms with Crippen molar-refractivity contribution < 1.29 is 10.2 Å². The van der Waals surface area contributed by atoms with E-state index in [1.165, 1.54) is 24.8 Å². The third-order valence-corrected chi connectivity index (χ3v) is 4.46. The summed E-state index contributed by atoms with van der Waals surface area (Å²) < 4.78 is 0. The van der Waals surface area contributed by atoms with Crippen molar-refractivity contribution in [3.63, 3.8) is 0 Å². The zero-order valence-electron chi connectivity index (χ0n) is 11.7. The summed E-state index contributed by atoms with van der Waals surface area (Å²) in [5, 5.41) is 20.4. The van der Waals surface area contributed by atoms with Gasteiger partial charge in [0.1, 0.15) is 11.4 Å². The maximum atomic E-state index is 11.0. The van der Waals surface area contributed by atoms with Gasteiger partial charge >= 0.3 is 0 Å². The van der Waals surface area contributed by atoms with Gasteiger partial charge < -0.3 is 10.2 Å². The van der Waals surface area contributed by atoms with Crippen LogP contribution < -0.4 is 0 Å². The molecule has 0 saturated heterocycles. The third-order valence-electron chi connectivity index (χ3n) is 4.46. The van der Waals surface area contributed by atoms with Crippen molar-refractivity contribution in [1.29, 1.82) is 0 Å². The van der Waals surface area contributed by atoms with Crippen molar-refractivity contribution >= 4 is 0 Å². The predicted octanol–water partition coefficient (Wildman–Crippen LogP) is 3.92. The van der Waals surface area contributed by atoms with Crippen LogP contribution in [-0.4, -0.2) is 10.2 Å². The molecular formula is C18H20O2. The van der Waals surface area contributed by atoms with E-state index in [-0.39, 0.29) is 5.75 Å². The molecule has 0 bridgehead atoms. The summed E-state index contributed by atoms with van der Waals surface area (Å²) >= 11 is 0. The van der Waals surface area contributed by atoms with Crippen LogP contribution in [0.25, 0.3) is 0 Å². The maximum Gasteiger partial charge on any atom is 0.115 e. The summed E-state index contributed by atoms with van der Waals surface area (Å²) in [4.78, 5) is 0. The molecule has 2 nitrogen and oxygen atoms in total. The van der Waals surface area contributed by atoms with Gasteiger partial charge in [0.05, 0.1) is 0 Å². The van der Waals surface area contributed by atoms with Gasteiger partial charge in [0, 0.05) is 0 Å². The number of phenols is 1. The molecular weight excluding hydrogens is 248 g/mol. The summed E-state index contributed by atoms with van der Waals surface area (Å²) in [6, 6.07) is 15.0. The van der Waals surface area contributed by atoms with Gasteiger partial charge in [-0.3, -0.25) is 0 Å². The normalized spacial score (nSPS) is 18.3. The first-order valence-corrected chi connectivity index (χ1v) is 7.20. The second kappa shape index (κ2) is 4.95. The lowest BCUT2D eigenvalue weighted by Crippen LogP contribution is -2.26. The molecule has 0 amide bonds. The fourth-order valence-electron chi connectivity index (χ4n) is 2.96. The minimum Gasteiger partial charge on any atom is -0.508 e. The van der Waals surface area contributed by atoms with Crippen molar-refractivity contribution in [2.45, 2.75) is 37.7 Å². The monoisotopic (exact) mass is 268 g/mol. The lowest BCUT2D eigenvalue weighted by Gasteiger charge is -2.33. The highest BCUT2D eigenvalue weighted by Crippen LogP contribution is 2.42. The van der Waals surface area contributed by atoms with Crippen molar-refractivity contribution in [1.82, 2.24) is 0 Å². The molecule has 0 heterocycles. The van der Waals surface area contributed by atoms with Gasteiger partial charge in [-0.1, -0.05) is 42.8 Å². The highest BCUT2D eigenvalue weighted by molar-refractivity contribution is 5.43. The Morgan fingerprint density at radius 1 is 1.00 bits per heavy atom. The number of aromatic hydroxyl groups is 1. The van der Waals surface area contributed by atoms with Crippen LogP contribution in [0.3, 0.4) is 0 Å². The maximum absolute atomic E-state index is 11.0. The molecule has 1 fully saturated rings. The van der Waals surface area contributed by atoms with E-state index in [1.54, 1.807) is 24.3 Å². The molecule has 2 heteroatoms. The molecule has 2 aromatic rings. The van der Waals surface area contributed by atoms with Crippen molar-refractivity contribution in [2.24, 2.45) is 0 Å². The molecule has 0 aromatic heterocycles. The van der Waals surface area contributed by atoms with Gasteiger partial charge in [-0.25, -0.2) is 0 Å². The lowest BCUT2D eigenvalue weighted by molar-refractivity contribution is 0.100. The standard InChI is InChI=1S/C18H20O2/c1-18(20,14-9-11-15(19)12-10-14)17-8-3-2-7-16(17)13-5-4-6-13/h2-3,7-13,19-20H,4-6H2,1H3. The Morgan fingerprint density at radius 3 is 2.25 bits per heavy atom. The van der Waals surface area contributed by atoms with Crippen LogP contribution in [0.2, 0.25) is 0 Å². The first-order valence-electron chi connectivity index (χ1n) is 7.20. The Labute approximate surface area is 119 Å². The Bertz CT molecular complexity index is 595. The molecule has 1 aliphatic carbocycles. The van der Waals surface area contributed by atoms with Gasteiger partial charge in [-0.15, -0.1) is 0 Å². The summed E-state index contributed by atoms with van der Waals surface area (Å²) in [6.45, 7) is 1.83. The molecule has 0 spiro atoms. The lowest BCUT2D eigenvalue weighted by atomic mass is 9.74. The highest BCUT2D eigenvalue weighted by Gasteiger charge is 2.31. The number of benzene rings is 2. The average Bonchev–Trinajstić information content (AvgIpc) is 2.38. The summed E-state index contributed by atoms with van der Waals surface area (Å²) in [7, 11) is 0. The summed E-state index contributed by atoms with van der Waals surface area (Å²) in [5.74, 6) is 0.798. The van der Waals surface area contributed by atoms with Gasteiger partial charge in [0.25, 0.3) is 0 Å². The van der Waals surface area contributed by atoms with E-state index in [4.69, 9.17) is 0 Å². The number of phenolic OH excluding ortho intramolecular Hbond substituents is 1. The van der Waals surface area contributed by atoms with E-state index in [2.05, 4.69) is 6.07 Å². The fraction of sp³-hybridized carbons (Fsp3) is 0.333. The van der Waals surface area contributed by atoms with Gasteiger partial charge in [-0.05, 0) is 54.5 Å². The van der Waals surface area contributed by atoms with Gasteiger partial charge in [-0.2, -0.15) is 0 Å². The predicted molar refractivity (Wildman–Crippen MR) is 79.8 cm³/mol. The largest absolute Gasteiger partial charge is 0.508 e. The first-order chi connectivity index (χ1) is 9.59. The molecule has 2 aromatic carbocycles. The van der Waals surface area contributed by atoms with Crippen LogP contribution in [0.15, 0.2) is 48.5 Å². The molecule has 1 aliphatic rings. The SMILES string of the molecule is CC(O)(c1ccc(O)cc1)c1ccccc1C1CCC1. The Balaban J connectivity index is 2.04. The van der Waals surface area contributed by atoms with Crippen molar-refractivity contribution in [3.05, 3.63) is 65.2 Å². The topological polar surface area (TPSA) is 40.5 Å². The summed E-state index contributed by atoms with van der Waals surface area (Å²) in [6.07, 6.45) is 3.70. The number of aliphatic hydroxyl groups is 1. The first kappa shape index (κ1) is 13.2. The molecule has 1 atom stereocenters. The molecule has 104 valence electrons. The molecule has 1 saturated carbocycles. The Morgan fingerprint density at radius 2 is 1.65 bits per heavy atom. The second-order valence-electron chi connectivity index (χ2n) is 5.83. The summed E-state index contributed by atoms with van der Waals surface area (Å²) in [5.41, 5.74) is 2.02. The number of rotatable bonds is 3. The number of hydrogen-bond acceptors (Lipinski definition) is 2. The molecule has 2 N–H and O–H groups in total. The Hall–Kier alpha value is -1.80. The van der Waals surface area contributed by atoms with Crippen molar-refractivity contribution in [3.8, 4) is 5.75 Å². The third kappa shape index (κ3) is 2.20.